The fourth-order valence-electron chi connectivity index (χ4n) is 3.93. The molecule has 2 aliphatic rings. The topological polar surface area (TPSA) is 109 Å². The Morgan fingerprint density at radius 2 is 1.88 bits per heavy atom. The second-order valence-corrected chi connectivity index (χ2v) is 7.14. The molecule has 2 saturated heterocycles. The van der Waals surface area contributed by atoms with Gasteiger partial charge in [-0.15, -0.1) is 0 Å². The van der Waals surface area contributed by atoms with E-state index in [4.69, 9.17) is 21.5 Å². The van der Waals surface area contributed by atoms with Crippen LogP contribution in [0.15, 0.2) is 24.3 Å². The molecular weight excluding hydrogens is 318 g/mol. The van der Waals surface area contributed by atoms with Crippen LogP contribution in [0, 0.1) is 23.2 Å². The quantitative estimate of drug-likeness (QED) is 0.814. The van der Waals surface area contributed by atoms with Crippen LogP contribution in [0.1, 0.15) is 12.0 Å². The van der Waals surface area contributed by atoms with Crippen LogP contribution in [0.5, 0.6) is 5.75 Å². The Hall–Kier alpha value is -2.30. The molecule has 2 aliphatic heterocycles. The predicted molar refractivity (Wildman–Crippen MR) is 93.8 cm³/mol. The number of likely N-dealkylation sites (tertiary alicyclic amines) is 2. The number of rotatable bonds is 5. The molecule has 2 amide bonds. The van der Waals surface area contributed by atoms with E-state index in [1.807, 2.05) is 0 Å². The first-order valence-electron chi connectivity index (χ1n) is 8.68. The third kappa shape index (κ3) is 4.62. The number of carbonyl (C=O) groups excluding carboxylic acids is 1. The summed E-state index contributed by atoms with van der Waals surface area (Å²) in [7, 11) is 0. The molecule has 2 heterocycles. The minimum atomic E-state index is -0.310. The lowest BCUT2D eigenvalue weighted by molar-refractivity contribution is 0.0431. The smallest absolute Gasteiger partial charge is 0.314 e. The highest BCUT2D eigenvalue weighted by atomic mass is 16.5. The molecule has 0 saturated carbocycles. The van der Waals surface area contributed by atoms with Crippen molar-refractivity contribution in [3.63, 3.8) is 0 Å². The van der Waals surface area contributed by atoms with E-state index in [1.54, 1.807) is 29.2 Å². The molecule has 3 atom stereocenters. The van der Waals surface area contributed by atoms with Crippen molar-refractivity contribution in [3.8, 4) is 11.8 Å². The molecule has 7 heteroatoms. The number of urea groups is 1. The van der Waals surface area contributed by atoms with Gasteiger partial charge in [-0.1, -0.05) is 0 Å². The van der Waals surface area contributed by atoms with Gasteiger partial charge in [0.2, 0.25) is 0 Å². The summed E-state index contributed by atoms with van der Waals surface area (Å²) in [5, 5.41) is 8.80. The first-order valence-corrected chi connectivity index (χ1v) is 8.68. The van der Waals surface area contributed by atoms with Crippen LogP contribution in [0.2, 0.25) is 0 Å². The standard InChI is InChI=1S/C18H25N5O2/c19-6-13-1-3-17(4-2-13)25-12-16(20)11-22-7-14-5-15(8-22)10-23(9-14)18(21)24/h1-4,14-16H,5,7-12,20H2,(H2,21,24). The molecule has 3 rings (SSSR count). The summed E-state index contributed by atoms with van der Waals surface area (Å²) < 4.78 is 5.72. The lowest BCUT2D eigenvalue weighted by Gasteiger charge is -2.45. The highest BCUT2D eigenvalue weighted by Crippen LogP contribution is 2.28. The number of piperidine rings is 2. The number of hydrogen-bond donors (Lipinski definition) is 2. The Morgan fingerprint density at radius 3 is 2.44 bits per heavy atom. The van der Waals surface area contributed by atoms with Crippen LogP contribution in [0.4, 0.5) is 4.79 Å². The highest BCUT2D eigenvalue weighted by Gasteiger charge is 2.35. The molecule has 0 aromatic heterocycles. The summed E-state index contributed by atoms with van der Waals surface area (Å²) in [5.41, 5.74) is 12.3. The molecule has 134 valence electrons. The van der Waals surface area contributed by atoms with Crippen molar-refractivity contribution in [2.75, 3.05) is 39.3 Å². The van der Waals surface area contributed by atoms with Gasteiger partial charge in [0, 0.05) is 32.7 Å². The molecule has 1 aromatic rings. The third-order valence-electron chi connectivity index (χ3n) is 4.91. The van der Waals surface area contributed by atoms with Crippen LogP contribution >= 0.6 is 0 Å². The number of benzene rings is 1. The zero-order valence-corrected chi connectivity index (χ0v) is 14.3. The summed E-state index contributed by atoms with van der Waals surface area (Å²) >= 11 is 0. The van der Waals surface area contributed by atoms with E-state index in [0.717, 1.165) is 44.9 Å². The maximum Gasteiger partial charge on any atom is 0.314 e. The van der Waals surface area contributed by atoms with Gasteiger partial charge >= 0.3 is 6.03 Å². The number of nitrogens with zero attached hydrogens (tertiary/aromatic N) is 3. The maximum absolute atomic E-state index is 11.4. The average molecular weight is 343 g/mol. The Morgan fingerprint density at radius 1 is 1.24 bits per heavy atom. The van der Waals surface area contributed by atoms with Crippen LogP contribution in [-0.2, 0) is 0 Å². The number of ether oxygens (including phenoxy) is 1. The Kier molecular flexibility index (Phi) is 5.41. The van der Waals surface area contributed by atoms with Gasteiger partial charge in [-0.25, -0.2) is 4.79 Å². The van der Waals surface area contributed by atoms with Gasteiger partial charge in [0.25, 0.3) is 0 Å². The van der Waals surface area contributed by atoms with Gasteiger partial charge in [0.1, 0.15) is 12.4 Å². The summed E-state index contributed by atoms with van der Waals surface area (Å²) in [6, 6.07) is 8.73. The second-order valence-electron chi connectivity index (χ2n) is 7.14. The molecule has 3 unspecified atom stereocenters. The number of primary amides is 1. The second kappa shape index (κ2) is 7.72. The number of nitrogens with two attached hydrogens (primary N) is 2. The SMILES string of the molecule is N#Cc1ccc(OCC(N)CN2CC3CC(C2)CN(C(N)=O)C3)cc1. The lowest BCUT2D eigenvalue weighted by atomic mass is 9.84. The molecule has 0 spiro atoms. The molecular formula is C18H25N5O2. The molecule has 4 N–H and O–H groups in total. The Balaban J connectivity index is 1.45. The number of carbonyl (C=O) groups is 1. The Labute approximate surface area is 148 Å². The van der Waals surface area contributed by atoms with E-state index in [-0.39, 0.29) is 12.1 Å². The van der Waals surface area contributed by atoms with E-state index >= 15 is 0 Å². The molecule has 2 bridgehead atoms. The number of hydrogen-bond acceptors (Lipinski definition) is 5. The van der Waals surface area contributed by atoms with Crippen molar-refractivity contribution >= 4 is 6.03 Å². The van der Waals surface area contributed by atoms with E-state index in [1.165, 1.54) is 0 Å². The summed E-state index contributed by atoms with van der Waals surface area (Å²) in [6.07, 6.45) is 1.16. The van der Waals surface area contributed by atoms with Crippen LogP contribution in [0.3, 0.4) is 0 Å². The largest absolute Gasteiger partial charge is 0.492 e. The first-order chi connectivity index (χ1) is 12.0. The molecule has 7 nitrogen and oxygen atoms in total. The van der Waals surface area contributed by atoms with E-state index < -0.39 is 0 Å². The average Bonchev–Trinajstić information content (AvgIpc) is 2.59. The summed E-state index contributed by atoms with van der Waals surface area (Å²) in [6.45, 7) is 4.61. The maximum atomic E-state index is 11.4. The van der Waals surface area contributed by atoms with Gasteiger partial charge in [-0.3, -0.25) is 0 Å². The van der Waals surface area contributed by atoms with Crippen molar-refractivity contribution < 1.29 is 9.53 Å². The third-order valence-corrected chi connectivity index (χ3v) is 4.91. The lowest BCUT2D eigenvalue weighted by Crippen LogP contribution is -2.56. The fourth-order valence-corrected chi connectivity index (χ4v) is 3.93. The molecule has 2 fully saturated rings. The molecule has 0 aliphatic carbocycles. The van der Waals surface area contributed by atoms with Gasteiger partial charge in [0.15, 0.2) is 0 Å². The molecule has 0 radical (unpaired) electrons. The first kappa shape index (κ1) is 17.5. The molecule has 25 heavy (non-hydrogen) atoms. The van der Waals surface area contributed by atoms with Crippen molar-refractivity contribution in [1.29, 1.82) is 5.26 Å². The summed E-state index contributed by atoms with van der Waals surface area (Å²) in [4.78, 5) is 15.5. The van der Waals surface area contributed by atoms with Crippen molar-refractivity contribution in [2.45, 2.75) is 12.5 Å². The number of amides is 2. The van der Waals surface area contributed by atoms with Gasteiger partial charge in [-0.2, -0.15) is 5.26 Å². The Bertz CT molecular complexity index is 628. The minimum absolute atomic E-state index is 0.0817. The normalized spacial score (nSPS) is 24.4. The van der Waals surface area contributed by atoms with Crippen LogP contribution in [0.25, 0.3) is 0 Å². The van der Waals surface area contributed by atoms with Gasteiger partial charge in [-0.05, 0) is 42.5 Å². The predicted octanol–water partition coefficient (Wildman–Crippen LogP) is 0.597. The van der Waals surface area contributed by atoms with Gasteiger partial charge in [0.05, 0.1) is 17.7 Å². The van der Waals surface area contributed by atoms with E-state index in [9.17, 15) is 4.79 Å². The molecule has 1 aromatic carbocycles. The van der Waals surface area contributed by atoms with Gasteiger partial charge < -0.3 is 26.0 Å². The van der Waals surface area contributed by atoms with E-state index in [0.29, 0.717) is 24.0 Å². The van der Waals surface area contributed by atoms with Crippen molar-refractivity contribution in [2.24, 2.45) is 23.3 Å². The zero-order valence-electron chi connectivity index (χ0n) is 14.3. The van der Waals surface area contributed by atoms with Crippen molar-refractivity contribution in [3.05, 3.63) is 29.8 Å². The fraction of sp³-hybridized carbons (Fsp3) is 0.556. The number of nitriles is 1. The van der Waals surface area contributed by atoms with Crippen LogP contribution in [-0.4, -0.2) is 61.2 Å². The number of fused-ring (bicyclic) bond motifs is 2. The minimum Gasteiger partial charge on any atom is -0.492 e. The monoisotopic (exact) mass is 343 g/mol. The summed E-state index contributed by atoms with van der Waals surface area (Å²) in [5.74, 6) is 1.68. The highest BCUT2D eigenvalue weighted by molar-refractivity contribution is 5.72. The zero-order chi connectivity index (χ0) is 17.8. The van der Waals surface area contributed by atoms with Crippen LogP contribution < -0.4 is 16.2 Å². The van der Waals surface area contributed by atoms with Crippen molar-refractivity contribution in [1.82, 2.24) is 9.80 Å². The van der Waals surface area contributed by atoms with E-state index in [2.05, 4.69) is 11.0 Å².